The van der Waals surface area contributed by atoms with E-state index >= 15 is 0 Å². The van der Waals surface area contributed by atoms with E-state index in [9.17, 15) is 18.0 Å². The Morgan fingerprint density at radius 1 is 1.18 bits per heavy atom. The number of aromatic nitrogens is 2. The molecule has 0 atom stereocenters. The zero-order valence-corrected chi connectivity index (χ0v) is 11.7. The Balaban J connectivity index is 2.36. The summed E-state index contributed by atoms with van der Waals surface area (Å²) in [6, 6.07) is 6.56. The van der Waals surface area contributed by atoms with Crippen LogP contribution in [0, 0.1) is 0 Å². The Bertz CT molecular complexity index is 873. The number of carbonyl (C=O) groups excluding carboxylic acids is 1. The van der Waals surface area contributed by atoms with E-state index in [1.807, 2.05) is 0 Å². The predicted octanol–water partition coefficient (Wildman–Crippen LogP) is 3.77. The highest BCUT2D eigenvalue weighted by Crippen LogP contribution is 2.39. The van der Waals surface area contributed by atoms with Gasteiger partial charge in [-0.2, -0.15) is 13.2 Å². The molecule has 3 rings (SSSR count). The third kappa shape index (κ3) is 2.41. The molecule has 4 nitrogen and oxygen atoms in total. The molecule has 22 heavy (non-hydrogen) atoms. The largest absolute Gasteiger partial charge is 0.417 e. The smallest absolute Gasteiger partial charge is 0.368 e. The highest BCUT2D eigenvalue weighted by molar-refractivity contribution is 7.20. The minimum atomic E-state index is -4.52. The monoisotopic (exact) mass is 323 g/mol. The Hall–Kier alpha value is -2.48. The number of fused-ring (bicyclic) bond motifs is 1. The van der Waals surface area contributed by atoms with Crippen molar-refractivity contribution >= 4 is 33.8 Å². The fourth-order valence-electron chi connectivity index (χ4n) is 2.16. The zero-order chi connectivity index (χ0) is 15.9. The standard InChI is InChI=1S/C14H8F3N3OS/c15-14(16,17)10-4-2-1-3-8(10)11-9-5-7(6-21)22-12(9)20-13(18)19-11/h1-6H,(H2,18,19,20). The number of hydrogen-bond acceptors (Lipinski definition) is 5. The molecule has 0 aliphatic carbocycles. The minimum absolute atomic E-state index is 0.0692. The first-order chi connectivity index (χ1) is 10.4. The van der Waals surface area contributed by atoms with Crippen LogP contribution in [0.4, 0.5) is 19.1 Å². The fraction of sp³-hybridized carbons (Fsp3) is 0.0714. The average molecular weight is 323 g/mol. The molecule has 0 saturated heterocycles. The van der Waals surface area contributed by atoms with Gasteiger partial charge in [0.15, 0.2) is 6.29 Å². The molecular weight excluding hydrogens is 315 g/mol. The Kier molecular flexibility index (Phi) is 3.32. The lowest BCUT2D eigenvalue weighted by Gasteiger charge is -2.13. The molecule has 0 amide bonds. The van der Waals surface area contributed by atoms with E-state index in [1.54, 1.807) is 0 Å². The van der Waals surface area contributed by atoms with Crippen LogP contribution in [0.25, 0.3) is 21.5 Å². The number of anilines is 1. The summed E-state index contributed by atoms with van der Waals surface area (Å²) in [5.41, 5.74) is 4.75. The van der Waals surface area contributed by atoms with Crippen molar-refractivity contribution in [1.82, 2.24) is 9.97 Å². The predicted molar refractivity (Wildman–Crippen MR) is 77.7 cm³/mol. The van der Waals surface area contributed by atoms with Crippen molar-refractivity contribution in [3.05, 3.63) is 40.8 Å². The van der Waals surface area contributed by atoms with Crippen LogP contribution in [-0.4, -0.2) is 16.3 Å². The molecule has 0 spiro atoms. The maximum atomic E-state index is 13.2. The molecule has 1 aromatic carbocycles. The van der Waals surface area contributed by atoms with Crippen molar-refractivity contribution in [1.29, 1.82) is 0 Å². The van der Waals surface area contributed by atoms with E-state index in [0.29, 0.717) is 21.4 Å². The van der Waals surface area contributed by atoms with Crippen LogP contribution in [0.2, 0.25) is 0 Å². The summed E-state index contributed by atoms with van der Waals surface area (Å²) in [5, 5.41) is 0.373. The molecule has 2 heterocycles. The summed E-state index contributed by atoms with van der Waals surface area (Å²) in [7, 11) is 0. The first-order valence-corrected chi connectivity index (χ1v) is 6.90. The normalized spacial score (nSPS) is 11.8. The van der Waals surface area contributed by atoms with Crippen LogP contribution < -0.4 is 5.73 Å². The third-order valence-electron chi connectivity index (χ3n) is 3.03. The highest BCUT2D eigenvalue weighted by atomic mass is 32.1. The molecule has 0 radical (unpaired) electrons. The van der Waals surface area contributed by atoms with Crippen molar-refractivity contribution < 1.29 is 18.0 Å². The number of alkyl halides is 3. The lowest BCUT2D eigenvalue weighted by molar-refractivity contribution is -0.137. The van der Waals surface area contributed by atoms with Gasteiger partial charge in [0.25, 0.3) is 0 Å². The first kappa shape index (κ1) is 14.5. The van der Waals surface area contributed by atoms with Gasteiger partial charge in [-0.3, -0.25) is 4.79 Å². The molecule has 0 fully saturated rings. The van der Waals surface area contributed by atoms with E-state index < -0.39 is 11.7 Å². The van der Waals surface area contributed by atoms with Crippen molar-refractivity contribution in [3.8, 4) is 11.3 Å². The summed E-state index contributed by atoms with van der Waals surface area (Å²) in [6.07, 6.45) is -3.91. The average Bonchev–Trinajstić information content (AvgIpc) is 2.88. The number of halogens is 3. The van der Waals surface area contributed by atoms with Crippen LogP contribution in [0.5, 0.6) is 0 Å². The molecular formula is C14H8F3N3OS. The number of benzene rings is 1. The fourth-order valence-corrected chi connectivity index (χ4v) is 3.01. The van der Waals surface area contributed by atoms with Crippen molar-refractivity contribution in [2.24, 2.45) is 0 Å². The summed E-state index contributed by atoms with van der Waals surface area (Å²) >= 11 is 1.05. The lowest BCUT2D eigenvalue weighted by Crippen LogP contribution is -2.08. The maximum absolute atomic E-state index is 13.2. The molecule has 8 heteroatoms. The van der Waals surface area contributed by atoms with Gasteiger partial charge in [-0.1, -0.05) is 18.2 Å². The summed E-state index contributed by atoms with van der Waals surface area (Å²) < 4.78 is 39.5. The summed E-state index contributed by atoms with van der Waals surface area (Å²) in [6.45, 7) is 0. The number of aldehydes is 1. The second-order valence-electron chi connectivity index (χ2n) is 4.46. The van der Waals surface area contributed by atoms with Gasteiger partial charge in [0, 0.05) is 10.9 Å². The van der Waals surface area contributed by atoms with Gasteiger partial charge >= 0.3 is 6.18 Å². The molecule has 112 valence electrons. The number of nitrogen functional groups attached to an aromatic ring is 1. The Morgan fingerprint density at radius 2 is 1.91 bits per heavy atom. The van der Waals surface area contributed by atoms with Gasteiger partial charge < -0.3 is 5.73 Å². The molecule has 0 aliphatic rings. The maximum Gasteiger partial charge on any atom is 0.417 e. The number of hydrogen-bond donors (Lipinski definition) is 1. The van der Waals surface area contributed by atoms with Gasteiger partial charge in [-0.15, -0.1) is 11.3 Å². The number of rotatable bonds is 2. The topological polar surface area (TPSA) is 68.9 Å². The van der Waals surface area contributed by atoms with Crippen LogP contribution >= 0.6 is 11.3 Å². The third-order valence-corrected chi connectivity index (χ3v) is 3.99. The number of thiophene rings is 1. The van der Waals surface area contributed by atoms with Gasteiger partial charge in [0.2, 0.25) is 5.95 Å². The number of nitrogens with zero attached hydrogens (tertiary/aromatic N) is 2. The zero-order valence-electron chi connectivity index (χ0n) is 10.9. The van der Waals surface area contributed by atoms with Crippen LogP contribution in [-0.2, 0) is 6.18 Å². The van der Waals surface area contributed by atoms with Gasteiger partial charge in [0.1, 0.15) is 4.83 Å². The van der Waals surface area contributed by atoms with Crippen LogP contribution in [0.3, 0.4) is 0 Å². The van der Waals surface area contributed by atoms with Gasteiger partial charge in [-0.25, -0.2) is 9.97 Å². The molecule has 2 aromatic heterocycles. The van der Waals surface area contributed by atoms with Crippen molar-refractivity contribution in [3.63, 3.8) is 0 Å². The van der Waals surface area contributed by atoms with E-state index in [1.165, 1.54) is 24.3 Å². The quantitative estimate of drug-likeness (QED) is 0.729. The molecule has 2 N–H and O–H groups in total. The second kappa shape index (κ2) is 5.06. The molecule has 3 aromatic rings. The van der Waals surface area contributed by atoms with E-state index in [4.69, 9.17) is 5.73 Å². The summed E-state index contributed by atoms with van der Waals surface area (Å²) in [4.78, 5) is 19.5. The molecule has 0 aliphatic heterocycles. The van der Waals surface area contributed by atoms with E-state index in [-0.39, 0.29) is 17.2 Å². The second-order valence-corrected chi connectivity index (χ2v) is 5.52. The van der Waals surface area contributed by atoms with Crippen molar-refractivity contribution in [2.45, 2.75) is 6.18 Å². The highest BCUT2D eigenvalue weighted by Gasteiger charge is 2.34. The Labute approximate surface area is 126 Å². The van der Waals surface area contributed by atoms with E-state index in [2.05, 4.69) is 9.97 Å². The molecule has 0 saturated carbocycles. The van der Waals surface area contributed by atoms with Gasteiger partial charge in [-0.05, 0) is 12.1 Å². The number of nitrogens with two attached hydrogens (primary N) is 1. The Morgan fingerprint density at radius 3 is 2.59 bits per heavy atom. The van der Waals surface area contributed by atoms with Gasteiger partial charge in [0.05, 0.1) is 16.1 Å². The lowest BCUT2D eigenvalue weighted by atomic mass is 10.0. The SMILES string of the molecule is Nc1nc(-c2ccccc2C(F)(F)F)c2cc(C=O)sc2n1. The summed E-state index contributed by atoms with van der Waals surface area (Å²) in [5.74, 6) is -0.140. The van der Waals surface area contributed by atoms with Crippen molar-refractivity contribution in [2.75, 3.05) is 5.73 Å². The molecule has 0 unspecified atom stereocenters. The van der Waals surface area contributed by atoms with Crippen LogP contribution in [0.15, 0.2) is 30.3 Å². The molecule has 0 bridgehead atoms. The first-order valence-electron chi connectivity index (χ1n) is 6.09. The van der Waals surface area contributed by atoms with E-state index in [0.717, 1.165) is 17.4 Å². The van der Waals surface area contributed by atoms with Crippen LogP contribution in [0.1, 0.15) is 15.2 Å². The minimum Gasteiger partial charge on any atom is -0.368 e. The number of carbonyl (C=O) groups is 1.